The van der Waals surface area contributed by atoms with Crippen molar-refractivity contribution in [2.45, 2.75) is 65.1 Å². The zero-order chi connectivity index (χ0) is 14.6. The fourth-order valence-corrected chi connectivity index (χ4v) is 3.38. The summed E-state index contributed by atoms with van der Waals surface area (Å²) in [5.74, 6) is 1.65. The minimum atomic E-state index is 0.184. The number of aromatic nitrogens is 3. The molecule has 5 heteroatoms. The molecule has 1 aromatic rings. The molecule has 1 fully saturated rings. The molecule has 5 nitrogen and oxygen atoms in total. The number of rotatable bonds is 7. The minimum Gasteiger partial charge on any atom is -0.329 e. The molecule has 0 bridgehead atoms. The lowest BCUT2D eigenvalue weighted by molar-refractivity contribution is 0.0919. The van der Waals surface area contributed by atoms with Gasteiger partial charge in [0.1, 0.15) is 12.2 Å². The number of nitrogens with two attached hydrogens (primary N) is 1. The summed E-state index contributed by atoms with van der Waals surface area (Å²) in [6.07, 6.45) is 6.71. The zero-order valence-corrected chi connectivity index (χ0v) is 13.2. The van der Waals surface area contributed by atoms with Crippen LogP contribution in [0.5, 0.6) is 0 Å². The Hall–Kier alpha value is -0.940. The van der Waals surface area contributed by atoms with Gasteiger partial charge in [-0.25, -0.2) is 9.67 Å². The minimum absolute atomic E-state index is 0.184. The lowest BCUT2D eigenvalue weighted by Crippen LogP contribution is -2.51. The van der Waals surface area contributed by atoms with E-state index >= 15 is 0 Å². The molecule has 1 aliphatic carbocycles. The van der Waals surface area contributed by atoms with Crippen molar-refractivity contribution in [1.29, 1.82) is 0 Å². The Bertz CT molecular complexity index is 406. The first kappa shape index (κ1) is 15.4. The molecule has 0 amide bonds. The second-order valence-electron chi connectivity index (χ2n) is 6.40. The summed E-state index contributed by atoms with van der Waals surface area (Å²) in [5.41, 5.74) is 6.29. The summed E-state index contributed by atoms with van der Waals surface area (Å²) in [6.45, 7) is 10.2. The molecule has 114 valence electrons. The largest absolute Gasteiger partial charge is 0.329 e. The maximum Gasteiger partial charge on any atom is 0.141 e. The van der Waals surface area contributed by atoms with Crippen molar-refractivity contribution < 1.29 is 0 Å². The summed E-state index contributed by atoms with van der Waals surface area (Å²) in [7, 11) is 0. The Labute approximate surface area is 122 Å². The lowest BCUT2D eigenvalue weighted by atomic mass is 9.95. The molecule has 20 heavy (non-hydrogen) atoms. The van der Waals surface area contributed by atoms with Crippen LogP contribution in [0.3, 0.4) is 0 Å². The van der Waals surface area contributed by atoms with Gasteiger partial charge in [-0.3, -0.25) is 4.90 Å². The van der Waals surface area contributed by atoms with Gasteiger partial charge in [-0.15, -0.1) is 0 Å². The third-order valence-electron chi connectivity index (χ3n) is 4.53. The van der Waals surface area contributed by atoms with E-state index in [-0.39, 0.29) is 5.54 Å². The second kappa shape index (κ2) is 6.68. The van der Waals surface area contributed by atoms with Crippen LogP contribution in [-0.2, 0) is 13.1 Å². The quantitative estimate of drug-likeness (QED) is 0.829. The highest BCUT2D eigenvalue weighted by Crippen LogP contribution is 2.35. The molecule has 1 aromatic heterocycles. The maximum absolute atomic E-state index is 6.11. The third-order valence-corrected chi connectivity index (χ3v) is 4.53. The lowest BCUT2D eigenvalue weighted by Gasteiger charge is -2.39. The fraction of sp³-hybridized carbons (Fsp3) is 0.867. The molecule has 0 saturated heterocycles. The first-order valence-corrected chi connectivity index (χ1v) is 7.93. The van der Waals surface area contributed by atoms with Crippen molar-refractivity contribution in [2.75, 3.05) is 13.1 Å². The van der Waals surface area contributed by atoms with Crippen LogP contribution in [0.25, 0.3) is 0 Å². The van der Waals surface area contributed by atoms with Crippen molar-refractivity contribution in [1.82, 2.24) is 19.7 Å². The number of hydrogen-bond acceptors (Lipinski definition) is 4. The normalized spacial score (nSPS) is 18.3. The van der Waals surface area contributed by atoms with Gasteiger partial charge in [-0.05, 0) is 25.3 Å². The summed E-state index contributed by atoms with van der Waals surface area (Å²) in [4.78, 5) is 6.98. The topological polar surface area (TPSA) is 60.0 Å². The Balaban J connectivity index is 2.12. The van der Waals surface area contributed by atoms with Crippen LogP contribution in [-0.4, -0.2) is 38.3 Å². The third kappa shape index (κ3) is 3.20. The van der Waals surface area contributed by atoms with E-state index in [1.165, 1.54) is 25.7 Å². The first-order valence-electron chi connectivity index (χ1n) is 7.93. The summed E-state index contributed by atoms with van der Waals surface area (Å²) in [5, 5.41) is 4.37. The van der Waals surface area contributed by atoms with E-state index in [4.69, 9.17) is 5.73 Å². The first-order chi connectivity index (χ1) is 9.61. The average molecular weight is 279 g/mol. The summed E-state index contributed by atoms with van der Waals surface area (Å²) in [6, 6.07) is 0. The molecule has 0 aromatic carbocycles. The average Bonchev–Trinajstić information content (AvgIpc) is 3.05. The van der Waals surface area contributed by atoms with Crippen LogP contribution in [0.15, 0.2) is 6.33 Å². The van der Waals surface area contributed by atoms with Gasteiger partial charge in [0.2, 0.25) is 0 Å². The van der Waals surface area contributed by atoms with Crippen molar-refractivity contribution in [2.24, 2.45) is 11.7 Å². The van der Waals surface area contributed by atoms with Crippen LogP contribution in [0.1, 0.15) is 52.3 Å². The van der Waals surface area contributed by atoms with E-state index in [2.05, 4.69) is 35.8 Å². The van der Waals surface area contributed by atoms with Crippen molar-refractivity contribution in [3.05, 3.63) is 12.2 Å². The molecule has 0 unspecified atom stereocenters. The van der Waals surface area contributed by atoms with Crippen molar-refractivity contribution in [3.63, 3.8) is 0 Å². The molecule has 1 saturated carbocycles. The van der Waals surface area contributed by atoms with E-state index in [0.717, 1.165) is 32.0 Å². The van der Waals surface area contributed by atoms with Gasteiger partial charge in [0.25, 0.3) is 0 Å². The molecule has 2 rings (SSSR count). The molecular formula is C15H29N5. The molecule has 1 heterocycles. The second-order valence-corrected chi connectivity index (χ2v) is 6.40. The summed E-state index contributed by atoms with van der Waals surface area (Å²) >= 11 is 0. The number of likely N-dealkylation sites (N-methyl/N-ethyl adjacent to an activating group) is 1. The van der Waals surface area contributed by atoms with Gasteiger partial charge >= 0.3 is 0 Å². The molecule has 2 N–H and O–H groups in total. The smallest absolute Gasteiger partial charge is 0.141 e. The van der Waals surface area contributed by atoms with Crippen LogP contribution >= 0.6 is 0 Å². The van der Waals surface area contributed by atoms with Gasteiger partial charge < -0.3 is 5.73 Å². The van der Waals surface area contributed by atoms with Crippen LogP contribution < -0.4 is 5.73 Å². The van der Waals surface area contributed by atoms with Crippen LogP contribution in [0.2, 0.25) is 0 Å². The monoisotopic (exact) mass is 279 g/mol. The highest BCUT2D eigenvalue weighted by Gasteiger charge is 2.38. The van der Waals surface area contributed by atoms with Crippen molar-refractivity contribution in [3.8, 4) is 0 Å². The van der Waals surface area contributed by atoms with E-state index in [0.29, 0.717) is 5.92 Å². The Kier molecular flexibility index (Phi) is 5.16. The molecule has 0 aliphatic heterocycles. The highest BCUT2D eigenvalue weighted by molar-refractivity contribution is 4.98. The molecule has 0 spiro atoms. The molecule has 1 aliphatic rings. The number of hydrogen-bond donors (Lipinski definition) is 1. The van der Waals surface area contributed by atoms with Crippen LogP contribution in [0, 0.1) is 5.92 Å². The van der Waals surface area contributed by atoms with Gasteiger partial charge in [-0.2, -0.15) is 5.10 Å². The van der Waals surface area contributed by atoms with E-state index < -0.39 is 0 Å². The van der Waals surface area contributed by atoms with E-state index in [1.807, 2.05) is 4.68 Å². The van der Waals surface area contributed by atoms with Crippen molar-refractivity contribution >= 4 is 0 Å². The number of nitrogens with zero attached hydrogens (tertiary/aromatic N) is 4. The SMILES string of the molecule is CCN(Cc1ncnn1CC(C)C)C1(CN)CCCC1. The molecular weight excluding hydrogens is 250 g/mol. The molecule has 0 radical (unpaired) electrons. The Morgan fingerprint density at radius 1 is 1.40 bits per heavy atom. The molecule has 0 atom stereocenters. The van der Waals surface area contributed by atoms with Gasteiger partial charge in [0, 0.05) is 18.6 Å². The van der Waals surface area contributed by atoms with Gasteiger partial charge in [0.15, 0.2) is 0 Å². The van der Waals surface area contributed by atoms with Gasteiger partial charge in [-0.1, -0.05) is 33.6 Å². The van der Waals surface area contributed by atoms with Crippen LogP contribution in [0.4, 0.5) is 0 Å². The van der Waals surface area contributed by atoms with E-state index in [1.54, 1.807) is 6.33 Å². The highest BCUT2D eigenvalue weighted by atomic mass is 15.4. The Morgan fingerprint density at radius 3 is 2.65 bits per heavy atom. The fourth-order valence-electron chi connectivity index (χ4n) is 3.38. The van der Waals surface area contributed by atoms with E-state index in [9.17, 15) is 0 Å². The zero-order valence-electron chi connectivity index (χ0n) is 13.2. The Morgan fingerprint density at radius 2 is 2.10 bits per heavy atom. The summed E-state index contributed by atoms with van der Waals surface area (Å²) < 4.78 is 2.05. The van der Waals surface area contributed by atoms with Gasteiger partial charge in [0.05, 0.1) is 6.54 Å². The predicted molar refractivity (Wildman–Crippen MR) is 81.2 cm³/mol. The maximum atomic E-state index is 6.11. The standard InChI is InChI=1S/C15H29N5/c1-4-19(15(11-16)7-5-6-8-15)10-14-17-12-18-20(14)9-13(2)3/h12-13H,4-11,16H2,1-3H3. The predicted octanol–water partition coefficient (Wildman–Crippen LogP) is 2.03.